The maximum absolute atomic E-state index is 13.3. The smallest absolute Gasteiger partial charge is 0.435 e. The van der Waals surface area contributed by atoms with E-state index < -0.39 is 53.1 Å². The molecule has 1 aromatic carbocycles. The first-order chi connectivity index (χ1) is 16.8. The van der Waals surface area contributed by atoms with E-state index in [4.69, 9.17) is 9.57 Å². The maximum atomic E-state index is 13.3. The van der Waals surface area contributed by atoms with Gasteiger partial charge in [0.2, 0.25) is 11.7 Å². The molecule has 1 aromatic rings. The second kappa shape index (κ2) is 12.6. The molecule has 1 fully saturated rings. The van der Waals surface area contributed by atoms with Gasteiger partial charge < -0.3 is 15.2 Å². The van der Waals surface area contributed by atoms with Crippen LogP contribution in [0.4, 0.5) is 4.79 Å². The van der Waals surface area contributed by atoms with Crippen molar-refractivity contribution >= 4 is 29.5 Å². The van der Waals surface area contributed by atoms with Crippen LogP contribution in [0.25, 0.3) is 0 Å². The van der Waals surface area contributed by atoms with Gasteiger partial charge in [-0.2, -0.15) is 5.06 Å². The Hall–Kier alpha value is -3.27. The van der Waals surface area contributed by atoms with Crippen molar-refractivity contribution in [2.75, 3.05) is 6.61 Å². The fraction of sp³-hybridized carbons (Fsp3) is 0.577. The zero-order valence-electron chi connectivity index (χ0n) is 21.5. The lowest BCUT2D eigenvalue weighted by atomic mass is 9.86. The Kier molecular flexibility index (Phi) is 10.2. The number of aliphatic carboxylic acids is 1. The molecule has 2 N–H and O–H groups in total. The van der Waals surface area contributed by atoms with Gasteiger partial charge in [-0.05, 0) is 45.1 Å². The van der Waals surface area contributed by atoms with Crippen molar-refractivity contribution in [3.63, 3.8) is 0 Å². The Morgan fingerprint density at radius 2 is 1.78 bits per heavy atom. The standard InChI is InChI=1S/C26H36N2O8/c1-16(2)13-18(22(30)24(32)33)15-21(29)19(14-17-9-7-6-8-10-17)27-23(31)20-11-12-35-28(20)25(34)36-26(3,4)5/h6-10,16,18-20H,11-15H2,1-5H3,(H,27,31)(H,32,33)/t18-,19+,20?/m1/s1. The molecule has 1 heterocycles. The summed E-state index contributed by atoms with van der Waals surface area (Å²) in [6.07, 6.45) is -0.550. The number of nitrogens with zero attached hydrogens (tertiary/aromatic N) is 1. The quantitative estimate of drug-likeness (QED) is 0.439. The third-order valence-electron chi connectivity index (χ3n) is 5.55. The van der Waals surface area contributed by atoms with E-state index >= 15 is 0 Å². The number of hydrogen-bond donors (Lipinski definition) is 2. The molecule has 0 aliphatic carbocycles. The molecule has 0 spiro atoms. The lowest BCUT2D eigenvalue weighted by Gasteiger charge is -2.28. The second-order valence-corrected chi connectivity index (χ2v) is 10.4. The van der Waals surface area contributed by atoms with Crippen LogP contribution in [-0.4, -0.2) is 64.0 Å². The minimum Gasteiger partial charge on any atom is -0.475 e. The summed E-state index contributed by atoms with van der Waals surface area (Å²) in [6.45, 7) is 8.87. The summed E-state index contributed by atoms with van der Waals surface area (Å²) < 4.78 is 5.31. The minimum absolute atomic E-state index is 0.00807. The third kappa shape index (κ3) is 8.75. The van der Waals surface area contributed by atoms with Crippen LogP contribution < -0.4 is 5.32 Å². The number of Topliss-reactive ketones (excluding diaryl/α,β-unsaturated/α-hetero) is 2. The Bertz CT molecular complexity index is 954. The summed E-state index contributed by atoms with van der Waals surface area (Å²) >= 11 is 0. The van der Waals surface area contributed by atoms with Gasteiger partial charge in [0.05, 0.1) is 12.6 Å². The van der Waals surface area contributed by atoms with Crippen molar-refractivity contribution in [1.82, 2.24) is 10.4 Å². The van der Waals surface area contributed by atoms with E-state index in [-0.39, 0.29) is 38.2 Å². The average Bonchev–Trinajstić information content (AvgIpc) is 3.27. The van der Waals surface area contributed by atoms with Crippen molar-refractivity contribution in [1.29, 1.82) is 0 Å². The molecule has 1 saturated heterocycles. The van der Waals surface area contributed by atoms with E-state index in [1.165, 1.54) is 0 Å². The van der Waals surface area contributed by atoms with Gasteiger partial charge in [-0.15, -0.1) is 0 Å². The molecular weight excluding hydrogens is 468 g/mol. The number of nitrogens with one attached hydrogen (secondary N) is 1. The molecule has 36 heavy (non-hydrogen) atoms. The predicted octanol–water partition coefficient (Wildman–Crippen LogP) is 2.93. The number of carboxylic acid groups (broad SMARTS) is 1. The van der Waals surface area contributed by atoms with Gasteiger partial charge in [0.15, 0.2) is 5.78 Å². The van der Waals surface area contributed by atoms with E-state index in [2.05, 4.69) is 5.32 Å². The van der Waals surface area contributed by atoms with Gasteiger partial charge in [-0.1, -0.05) is 44.2 Å². The lowest BCUT2D eigenvalue weighted by Crippen LogP contribution is -2.52. The predicted molar refractivity (Wildman–Crippen MR) is 130 cm³/mol. The molecule has 1 aliphatic rings. The van der Waals surface area contributed by atoms with E-state index in [1.54, 1.807) is 45.0 Å². The molecule has 198 valence electrons. The highest BCUT2D eigenvalue weighted by atomic mass is 16.7. The lowest BCUT2D eigenvalue weighted by molar-refractivity contribution is -0.152. The first-order valence-electron chi connectivity index (χ1n) is 12.1. The number of rotatable bonds is 11. The summed E-state index contributed by atoms with van der Waals surface area (Å²) in [7, 11) is 0. The molecule has 0 bridgehead atoms. The van der Waals surface area contributed by atoms with Gasteiger partial charge in [-0.3, -0.25) is 19.2 Å². The van der Waals surface area contributed by atoms with Crippen molar-refractivity contribution in [3.8, 4) is 0 Å². The van der Waals surface area contributed by atoms with Crippen LogP contribution in [0.5, 0.6) is 0 Å². The Balaban J connectivity index is 2.23. The molecule has 1 aliphatic heterocycles. The van der Waals surface area contributed by atoms with E-state index in [0.717, 1.165) is 10.6 Å². The number of carbonyl (C=O) groups is 5. The number of ether oxygens (including phenoxy) is 1. The van der Waals surface area contributed by atoms with E-state index in [0.29, 0.717) is 0 Å². The molecule has 2 rings (SSSR count). The fourth-order valence-electron chi connectivity index (χ4n) is 3.97. The molecule has 3 atom stereocenters. The first kappa shape index (κ1) is 29.0. The highest BCUT2D eigenvalue weighted by molar-refractivity contribution is 6.33. The van der Waals surface area contributed by atoms with Gasteiger partial charge in [-0.25, -0.2) is 9.59 Å². The van der Waals surface area contributed by atoms with Crippen molar-refractivity contribution in [3.05, 3.63) is 35.9 Å². The number of carbonyl (C=O) groups excluding carboxylic acids is 4. The SMILES string of the molecule is CC(C)C[C@H](CC(=O)[C@H](Cc1ccccc1)NC(=O)C1CCON1C(=O)OC(C)(C)C)C(=O)C(=O)O. The van der Waals surface area contributed by atoms with Crippen molar-refractivity contribution < 1.29 is 38.7 Å². The topological polar surface area (TPSA) is 139 Å². The van der Waals surface area contributed by atoms with Crippen LogP contribution in [0, 0.1) is 11.8 Å². The Labute approximate surface area is 211 Å². The third-order valence-corrected chi connectivity index (χ3v) is 5.55. The molecule has 0 saturated carbocycles. The zero-order valence-corrected chi connectivity index (χ0v) is 21.5. The van der Waals surface area contributed by atoms with Crippen LogP contribution in [0.2, 0.25) is 0 Å². The van der Waals surface area contributed by atoms with Crippen LogP contribution in [0.1, 0.15) is 59.4 Å². The minimum atomic E-state index is -1.59. The summed E-state index contributed by atoms with van der Waals surface area (Å²) in [6, 6.07) is 6.97. The summed E-state index contributed by atoms with van der Waals surface area (Å²) in [5.41, 5.74) is -0.0226. The normalized spacial score (nSPS) is 17.4. The van der Waals surface area contributed by atoms with Crippen LogP contribution in [-0.2, 0) is 35.2 Å². The largest absolute Gasteiger partial charge is 0.475 e. The molecule has 10 heteroatoms. The molecule has 10 nitrogen and oxygen atoms in total. The van der Waals surface area contributed by atoms with Crippen molar-refractivity contribution in [2.45, 2.75) is 78.0 Å². The molecule has 1 unspecified atom stereocenters. The summed E-state index contributed by atoms with van der Waals surface area (Å²) in [4.78, 5) is 67.9. The van der Waals surface area contributed by atoms with Gasteiger partial charge in [0.25, 0.3) is 0 Å². The fourth-order valence-corrected chi connectivity index (χ4v) is 3.97. The van der Waals surface area contributed by atoms with Crippen molar-refractivity contribution in [2.24, 2.45) is 11.8 Å². The average molecular weight is 505 g/mol. The number of hydrogen-bond acceptors (Lipinski definition) is 7. The maximum Gasteiger partial charge on any atom is 0.435 e. The van der Waals surface area contributed by atoms with Crippen LogP contribution in [0.15, 0.2) is 30.3 Å². The number of hydroxylamine groups is 2. The number of benzene rings is 1. The van der Waals surface area contributed by atoms with Gasteiger partial charge in [0.1, 0.15) is 11.6 Å². The number of ketones is 2. The van der Waals surface area contributed by atoms with E-state index in [9.17, 15) is 29.1 Å². The van der Waals surface area contributed by atoms with Crippen LogP contribution >= 0.6 is 0 Å². The highest BCUT2D eigenvalue weighted by Crippen LogP contribution is 2.22. The Morgan fingerprint density at radius 3 is 2.33 bits per heavy atom. The highest BCUT2D eigenvalue weighted by Gasteiger charge is 2.40. The molecule has 0 radical (unpaired) electrons. The van der Waals surface area contributed by atoms with E-state index in [1.807, 2.05) is 19.9 Å². The summed E-state index contributed by atoms with van der Waals surface area (Å²) in [5, 5.41) is 12.8. The molecule has 2 amide bonds. The van der Waals surface area contributed by atoms with Gasteiger partial charge >= 0.3 is 12.1 Å². The van der Waals surface area contributed by atoms with Crippen LogP contribution in [0.3, 0.4) is 0 Å². The Morgan fingerprint density at radius 1 is 1.14 bits per heavy atom. The number of carboxylic acids is 1. The summed E-state index contributed by atoms with van der Waals surface area (Å²) in [5.74, 6) is -4.69. The molecular formula is C26H36N2O8. The first-order valence-corrected chi connectivity index (χ1v) is 12.1. The second-order valence-electron chi connectivity index (χ2n) is 10.4. The monoisotopic (exact) mass is 504 g/mol. The zero-order chi connectivity index (χ0) is 27.0. The molecule has 0 aromatic heterocycles. The van der Waals surface area contributed by atoms with Gasteiger partial charge in [0, 0.05) is 18.8 Å². The number of amides is 2.